The summed E-state index contributed by atoms with van der Waals surface area (Å²) in [5.41, 5.74) is 0.555. The third-order valence-corrected chi connectivity index (χ3v) is 3.28. The lowest BCUT2D eigenvalue weighted by Crippen LogP contribution is -2.40. The molecular formula is C13H19N3O. The summed E-state index contributed by atoms with van der Waals surface area (Å²) in [5.74, 6) is 0.765. The van der Waals surface area contributed by atoms with Crippen LogP contribution in [0.1, 0.15) is 23.3 Å². The SMILES string of the molecule is CNCC1CCN(C(=O)c2ccccn2)CC1. The van der Waals surface area contributed by atoms with Gasteiger partial charge in [0.2, 0.25) is 0 Å². The molecule has 1 aliphatic rings. The molecule has 1 saturated heterocycles. The second-order valence-electron chi connectivity index (χ2n) is 4.51. The van der Waals surface area contributed by atoms with Crippen molar-refractivity contribution in [3.8, 4) is 0 Å². The monoisotopic (exact) mass is 233 g/mol. The van der Waals surface area contributed by atoms with E-state index in [2.05, 4.69) is 10.3 Å². The standard InChI is InChI=1S/C13H19N3O/c1-14-10-11-5-8-16(9-6-11)13(17)12-4-2-3-7-15-12/h2-4,7,11,14H,5-6,8-10H2,1H3. The van der Waals surface area contributed by atoms with Crippen molar-refractivity contribution in [3.63, 3.8) is 0 Å². The summed E-state index contributed by atoms with van der Waals surface area (Å²) in [6.07, 6.45) is 3.83. The van der Waals surface area contributed by atoms with E-state index in [1.54, 1.807) is 12.3 Å². The van der Waals surface area contributed by atoms with Crippen molar-refractivity contribution >= 4 is 5.91 Å². The first-order chi connectivity index (χ1) is 8.31. The third-order valence-electron chi connectivity index (χ3n) is 3.28. The predicted octanol–water partition coefficient (Wildman–Crippen LogP) is 1.15. The first-order valence-corrected chi connectivity index (χ1v) is 6.16. The van der Waals surface area contributed by atoms with Crippen LogP contribution in [0.3, 0.4) is 0 Å². The molecule has 1 N–H and O–H groups in total. The Morgan fingerprint density at radius 3 is 2.82 bits per heavy atom. The lowest BCUT2D eigenvalue weighted by atomic mass is 9.96. The average molecular weight is 233 g/mol. The van der Waals surface area contributed by atoms with E-state index in [1.165, 1.54) is 0 Å². The first kappa shape index (κ1) is 12.0. The van der Waals surface area contributed by atoms with Crippen molar-refractivity contribution < 1.29 is 4.79 Å². The molecule has 1 aliphatic heterocycles. The topological polar surface area (TPSA) is 45.2 Å². The number of carbonyl (C=O) groups excluding carboxylic acids is 1. The van der Waals surface area contributed by atoms with Crippen LogP contribution in [-0.4, -0.2) is 42.5 Å². The molecule has 1 aromatic heterocycles. The number of likely N-dealkylation sites (tertiary alicyclic amines) is 1. The van der Waals surface area contributed by atoms with Crippen molar-refractivity contribution in [2.75, 3.05) is 26.7 Å². The number of rotatable bonds is 3. The van der Waals surface area contributed by atoms with Crippen LogP contribution in [0.4, 0.5) is 0 Å². The number of pyridine rings is 1. The molecule has 4 nitrogen and oxygen atoms in total. The number of aromatic nitrogens is 1. The fourth-order valence-electron chi connectivity index (χ4n) is 2.28. The van der Waals surface area contributed by atoms with Crippen LogP contribution >= 0.6 is 0 Å². The second-order valence-corrected chi connectivity index (χ2v) is 4.51. The normalized spacial score (nSPS) is 17.1. The van der Waals surface area contributed by atoms with Gasteiger partial charge in [-0.15, -0.1) is 0 Å². The Balaban J connectivity index is 1.91. The van der Waals surface area contributed by atoms with Gasteiger partial charge in [0.25, 0.3) is 5.91 Å². The summed E-state index contributed by atoms with van der Waals surface area (Å²) in [7, 11) is 1.98. The van der Waals surface area contributed by atoms with Gasteiger partial charge in [0.15, 0.2) is 0 Å². The molecule has 0 saturated carbocycles. The lowest BCUT2D eigenvalue weighted by molar-refractivity contribution is 0.0685. The minimum absolute atomic E-state index is 0.0634. The van der Waals surface area contributed by atoms with Gasteiger partial charge in [-0.05, 0) is 44.5 Å². The van der Waals surface area contributed by atoms with Crippen LogP contribution in [0.2, 0.25) is 0 Å². The highest BCUT2D eigenvalue weighted by Crippen LogP contribution is 2.17. The quantitative estimate of drug-likeness (QED) is 0.852. The van der Waals surface area contributed by atoms with Crippen LogP contribution in [-0.2, 0) is 0 Å². The number of carbonyl (C=O) groups is 1. The number of hydrogen-bond acceptors (Lipinski definition) is 3. The maximum absolute atomic E-state index is 12.1. The van der Waals surface area contributed by atoms with Crippen LogP contribution in [0.25, 0.3) is 0 Å². The zero-order valence-electron chi connectivity index (χ0n) is 10.2. The highest BCUT2D eigenvalue weighted by Gasteiger charge is 2.23. The largest absolute Gasteiger partial charge is 0.337 e. The summed E-state index contributed by atoms with van der Waals surface area (Å²) < 4.78 is 0. The van der Waals surface area contributed by atoms with Crippen molar-refractivity contribution in [1.82, 2.24) is 15.2 Å². The number of nitrogens with zero attached hydrogens (tertiary/aromatic N) is 2. The Morgan fingerprint density at radius 1 is 1.47 bits per heavy atom. The summed E-state index contributed by atoms with van der Waals surface area (Å²) in [5, 5.41) is 3.20. The van der Waals surface area contributed by atoms with Crippen LogP contribution in [0, 0.1) is 5.92 Å². The molecule has 2 rings (SSSR count). The highest BCUT2D eigenvalue weighted by atomic mass is 16.2. The molecule has 0 aromatic carbocycles. The fourth-order valence-corrected chi connectivity index (χ4v) is 2.28. The van der Waals surface area contributed by atoms with E-state index in [0.717, 1.165) is 32.5 Å². The number of hydrogen-bond donors (Lipinski definition) is 1. The van der Waals surface area contributed by atoms with E-state index in [0.29, 0.717) is 11.6 Å². The van der Waals surface area contributed by atoms with Crippen molar-refractivity contribution in [3.05, 3.63) is 30.1 Å². The number of amides is 1. The molecule has 1 aromatic rings. The molecule has 1 fully saturated rings. The van der Waals surface area contributed by atoms with Gasteiger partial charge >= 0.3 is 0 Å². The molecule has 0 atom stereocenters. The van der Waals surface area contributed by atoms with Gasteiger partial charge in [0.1, 0.15) is 5.69 Å². The molecule has 0 spiro atoms. The molecule has 0 unspecified atom stereocenters. The Bertz CT molecular complexity index is 358. The highest BCUT2D eigenvalue weighted by molar-refractivity contribution is 5.92. The first-order valence-electron chi connectivity index (χ1n) is 6.16. The van der Waals surface area contributed by atoms with Crippen molar-refractivity contribution in [2.24, 2.45) is 5.92 Å². The van der Waals surface area contributed by atoms with Gasteiger partial charge in [-0.1, -0.05) is 6.07 Å². The molecule has 2 heterocycles. The molecular weight excluding hydrogens is 214 g/mol. The lowest BCUT2D eigenvalue weighted by Gasteiger charge is -2.31. The van der Waals surface area contributed by atoms with E-state index in [1.807, 2.05) is 24.1 Å². The summed E-state index contributed by atoms with van der Waals surface area (Å²) in [6, 6.07) is 5.46. The summed E-state index contributed by atoms with van der Waals surface area (Å²) in [4.78, 5) is 18.1. The number of nitrogens with one attached hydrogen (secondary N) is 1. The minimum Gasteiger partial charge on any atom is -0.337 e. The zero-order valence-corrected chi connectivity index (χ0v) is 10.2. The van der Waals surface area contributed by atoms with Crippen LogP contribution in [0.5, 0.6) is 0 Å². The molecule has 92 valence electrons. The Morgan fingerprint density at radius 2 is 2.24 bits per heavy atom. The van der Waals surface area contributed by atoms with Crippen LogP contribution < -0.4 is 5.32 Å². The maximum Gasteiger partial charge on any atom is 0.272 e. The van der Waals surface area contributed by atoms with E-state index in [4.69, 9.17) is 0 Å². The van der Waals surface area contributed by atoms with Gasteiger partial charge in [0, 0.05) is 19.3 Å². The Hall–Kier alpha value is -1.42. The molecule has 17 heavy (non-hydrogen) atoms. The predicted molar refractivity (Wildman–Crippen MR) is 66.8 cm³/mol. The maximum atomic E-state index is 12.1. The van der Waals surface area contributed by atoms with Gasteiger partial charge < -0.3 is 10.2 Å². The smallest absolute Gasteiger partial charge is 0.272 e. The Labute approximate surface area is 102 Å². The summed E-state index contributed by atoms with van der Waals surface area (Å²) >= 11 is 0. The van der Waals surface area contributed by atoms with Crippen molar-refractivity contribution in [1.29, 1.82) is 0 Å². The van der Waals surface area contributed by atoms with Gasteiger partial charge in [0.05, 0.1) is 0 Å². The number of piperidine rings is 1. The van der Waals surface area contributed by atoms with Gasteiger partial charge in [-0.25, -0.2) is 0 Å². The van der Waals surface area contributed by atoms with E-state index < -0.39 is 0 Å². The summed E-state index contributed by atoms with van der Waals surface area (Å²) in [6.45, 7) is 2.75. The Kier molecular flexibility index (Phi) is 4.09. The molecule has 4 heteroatoms. The van der Waals surface area contributed by atoms with Gasteiger partial charge in [-0.3, -0.25) is 9.78 Å². The molecule has 0 aliphatic carbocycles. The van der Waals surface area contributed by atoms with Crippen molar-refractivity contribution in [2.45, 2.75) is 12.8 Å². The van der Waals surface area contributed by atoms with E-state index in [-0.39, 0.29) is 5.91 Å². The fraction of sp³-hybridized carbons (Fsp3) is 0.538. The average Bonchev–Trinajstić information content (AvgIpc) is 2.40. The van der Waals surface area contributed by atoms with E-state index >= 15 is 0 Å². The molecule has 1 amide bonds. The third kappa shape index (κ3) is 3.03. The second kappa shape index (κ2) is 5.77. The van der Waals surface area contributed by atoms with Crippen LogP contribution in [0.15, 0.2) is 24.4 Å². The molecule has 0 radical (unpaired) electrons. The van der Waals surface area contributed by atoms with Gasteiger partial charge in [-0.2, -0.15) is 0 Å². The zero-order chi connectivity index (χ0) is 12.1. The van der Waals surface area contributed by atoms with E-state index in [9.17, 15) is 4.79 Å². The molecule has 0 bridgehead atoms. The minimum atomic E-state index is 0.0634.